The number of nitrogens with one attached hydrogen (secondary N) is 2. The monoisotopic (exact) mass is 266 g/mol. The van der Waals surface area contributed by atoms with E-state index in [2.05, 4.69) is 15.8 Å². The lowest BCUT2D eigenvalue weighted by Gasteiger charge is -2.31. The third-order valence-corrected chi connectivity index (χ3v) is 3.55. The largest absolute Gasteiger partial charge is 0.359 e. The molecule has 0 spiro atoms. The molecule has 2 aliphatic heterocycles. The van der Waals surface area contributed by atoms with Gasteiger partial charge in [0.2, 0.25) is 11.8 Å². The minimum Gasteiger partial charge on any atom is -0.359 e. The van der Waals surface area contributed by atoms with E-state index in [1.807, 2.05) is 0 Å². The van der Waals surface area contributed by atoms with Crippen molar-refractivity contribution in [1.82, 2.24) is 15.6 Å². The maximum atomic E-state index is 12.1. The Morgan fingerprint density at radius 1 is 1.32 bits per heavy atom. The van der Waals surface area contributed by atoms with Crippen LogP contribution in [0.4, 0.5) is 0 Å². The fourth-order valence-electron chi connectivity index (χ4n) is 2.36. The van der Waals surface area contributed by atoms with E-state index in [4.69, 9.17) is 0 Å². The molecule has 7 nitrogen and oxygen atoms in total. The van der Waals surface area contributed by atoms with E-state index in [1.165, 1.54) is 0 Å². The number of nitrogens with zero attached hydrogens (tertiary/aromatic N) is 2. The molecule has 2 rings (SSSR count). The van der Waals surface area contributed by atoms with Crippen molar-refractivity contribution < 1.29 is 14.4 Å². The van der Waals surface area contributed by atoms with Crippen LogP contribution in [0.25, 0.3) is 0 Å². The molecule has 3 amide bonds. The van der Waals surface area contributed by atoms with E-state index in [9.17, 15) is 14.4 Å². The molecule has 19 heavy (non-hydrogen) atoms. The average molecular weight is 266 g/mol. The van der Waals surface area contributed by atoms with Crippen molar-refractivity contribution in [2.75, 3.05) is 20.1 Å². The van der Waals surface area contributed by atoms with Gasteiger partial charge in [0.1, 0.15) is 5.71 Å². The van der Waals surface area contributed by atoms with Gasteiger partial charge in [-0.2, -0.15) is 5.10 Å². The Bertz CT molecular complexity index is 425. The Balaban J connectivity index is 1.89. The second kappa shape index (κ2) is 5.81. The fraction of sp³-hybridized carbons (Fsp3) is 0.667. The number of rotatable bonds is 2. The molecule has 0 aromatic heterocycles. The molecule has 7 heteroatoms. The number of hydrazone groups is 1. The maximum Gasteiger partial charge on any atom is 0.270 e. The lowest BCUT2D eigenvalue weighted by atomic mass is 9.95. The predicted octanol–water partition coefficient (Wildman–Crippen LogP) is -0.763. The Morgan fingerprint density at radius 3 is 2.53 bits per heavy atom. The first-order valence-electron chi connectivity index (χ1n) is 6.48. The first kappa shape index (κ1) is 13.5. The summed E-state index contributed by atoms with van der Waals surface area (Å²) in [6, 6.07) is 0. The number of likely N-dealkylation sites (tertiary alicyclic amines) is 1. The van der Waals surface area contributed by atoms with Gasteiger partial charge in [0.25, 0.3) is 5.91 Å². The van der Waals surface area contributed by atoms with E-state index in [-0.39, 0.29) is 23.6 Å². The van der Waals surface area contributed by atoms with Gasteiger partial charge in [0.15, 0.2) is 0 Å². The van der Waals surface area contributed by atoms with E-state index < -0.39 is 0 Å². The Hall–Kier alpha value is -1.92. The summed E-state index contributed by atoms with van der Waals surface area (Å²) >= 11 is 0. The van der Waals surface area contributed by atoms with Crippen molar-refractivity contribution in [1.29, 1.82) is 0 Å². The molecular weight excluding hydrogens is 248 g/mol. The van der Waals surface area contributed by atoms with Gasteiger partial charge in [-0.3, -0.25) is 14.4 Å². The van der Waals surface area contributed by atoms with Gasteiger partial charge in [0, 0.05) is 38.9 Å². The van der Waals surface area contributed by atoms with Crippen molar-refractivity contribution in [3.63, 3.8) is 0 Å². The number of carbonyl (C=O) groups is 3. The van der Waals surface area contributed by atoms with Crippen molar-refractivity contribution in [3.8, 4) is 0 Å². The van der Waals surface area contributed by atoms with Crippen LogP contribution in [0.3, 0.4) is 0 Å². The summed E-state index contributed by atoms with van der Waals surface area (Å²) in [5, 5.41) is 6.44. The molecule has 2 N–H and O–H groups in total. The van der Waals surface area contributed by atoms with Crippen molar-refractivity contribution >= 4 is 23.4 Å². The molecule has 2 aliphatic rings. The van der Waals surface area contributed by atoms with Crippen LogP contribution < -0.4 is 10.7 Å². The number of hydrogen-bond acceptors (Lipinski definition) is 4. The predicted molar refractivity (Wildman–Crippen MR) is 68.2 cm³/mol. The highest BCUT2D eigenvalue weighted by Gasteiger charge is 2.29. The molecule has 0 aromatic rings. The van der Waals surface area contributed by atoms with Crippen molar-refractivity contribution in [2.45, 2.75) is 25.7 Å². The highest BCUT2D eigenvalue weighted by atomic mass is 16.2. The molecule has 0 radical (unpaired) electrons. The minimum atomic E-state index is -0.158. The minimum absolute atomic E-state index is 0.0120. The third kappa shape index (κ3) is 3.10. The molecule has 2 heterocycles. The SMILES string of the molecule is CNC(=O)C1CCN(C(=O)C2=NNC(=O)CC2)CC1. The molecule has 0 saturated carbocycles. The molecule has 0 bridgehead atoms. The zero-order chi connectivity index (χ0) is 13.8. The molecule has 0 atom stereocenters. The molecule has 0 unspecified atom stereocenters. The molecule has 104 valence electrons. The Kier molecular flexibility index (Phi) is 4.13. The number of piperidine rings is 1. The van der Waals surface area contributed by atoms with Crippen LogP contribution in [-0.4, -0.2) is 48.5 Å². The summed E-state index contributed by atoms with van der Waals surface area (Å²) in [5.74, 6) is -0.262. The summed E-state index contributed by atoms with van der Waals surface area (Å²) < 4.78 is 0. The van der Waals surface area contributed by atoms with Crippen LogP contribution in [0.1, 0.15) is 25.7 Å². The molecule has 1 fully saturated rings. The quantitative estimate of drug-likeness (QED) is 0.688. The van der Waals surface area contributed by atoms with Crippen LogP contribution in [0.2, 0.25) is 0 Å². The lowest BCUT2D eigenvalue weighted by Crippen LogP contribution is -2.46. The topological polar surface area (TPSA) is 90.9 Å². The summed E-state index contributed by atoms with van der Waals surface area (Å²) in [4.78, 5) is 36.3. The third-order valence-electron chi connectivity index (χ3n) is 3.55. The molecule has 0 aliphatic carbocycles. The summed E-state index contributed by atoms with van der Waals surface area (Å²) in [6.07, 6.45) is 2.04. The van der Waals surface area contributed by atoms with Crippen LogP contribution in [-0.2, 0) is 14.4 Å². The van der Waals surface area contributed by atoms with E-state index in [0.717, 1.165) is 0 Å². The van der Waals surface area contributed by atoms with Gasteiger partial charge in [-0.15, -0.1) is 0 Å². The number of hydrogen-bond donors (Lipinski definition) is 2. The van der Waals surface area contributed by atoms with E-state index >= 15 is 0 Å². The van der Waals surface area contributed by atoms with Crippen LogP contribution >= 0.6 is 0 Å². The van der Waals surface area contributed by atoms with E-state index in [1.54, 1.807) is 11.9 Å². The van der Waals surface area contributed by atoms with Crippen LogP contribution in [0.15, 0.2) is 5.10 Å². The zero-order valence-corrected chi connectivity index (χ0v) is 10.9. The number of amides is 3. The second-order valence-electron chi connectivity index (χ2n) is 4.77. The molecule has 0 aromatic carbocycles. The van der Waals surface area contributed by atoms with E-state index in [0.29, 0.717) is 44.5 Å². The summed E-state index contributed by atoms with van der Waals surface area (Å²) in [7, 11) is 1.62. The number of carbonyl (C=O) groups excluding carboxylic acids is 3. The summed E-state index contributed by atoms with van der Waals surface area (Å²) in [6.45, 7) is 1.12. The lowest BCUT2D eigenvalue weighted by molar-refractivity contribution is -0.131. The molecule has 1 saturated heterocycles. The maximum absolute atomic E-state index is 12.1. The van der Waals surface area contributed by atoms with Crippen molar-refractivity contribution in [3.05, 3.63) is 0 Å². The highest BCUT2D eigenvalue weighted by molar-refractivity contribution is 6.39. The van der Waals surface area contributed by atoms with Gasteiger partial charge >= 0.3 is 0 Å². The van der Waals surface area contributed by atoms with Crippen LogP contribution in [0.5, 0.6) is 0 Å². The van der Waals surface area contributed by atoms with Gasteiger partial charge in [-0.05, 0) is 12.8 Å². The van der Waals surface area contributed by atoms with Gasteiger partial charge in [-0.1, -0.05) is 0 Å². The molecular formula is C12H18N4O3. The standard InChI is InChI=1S/C12H18N4O3/c1-13-11(18)8-4-6-16(7-5-8)12(19)9-2-3-10(17)15-14-9/h8H,2-7H2,1H3,(H,13,18)(H,15,17). The fourth-order valence-corrected chi connectivity index (χ4v) is 2.36. The first-order valence-corrected chi connectivity index (χ1v) is 6.48. The zero-order valence-electron chi connectivity index (χ0n) is 10.9. The smallest absolute Gasteiger partial charge is 0.270 e. The second-order valence-corrected chi connectivity index (χ2v) is 4.77. The van der Waals surface area contributed by atoms with Gasteiger partial charge in [-0.25, -0.2) is 5.43 Å². The first-order chi connectivity index (χ1) is 9.11. The van der Waals surface area contributed by atoms with Gasteiger partial charge in [0.05, 0.1) is 0 Å². The van der Waals surface area contributed by atoms with Crippen molar-refractivity contribution in [2.24, 2.45) is 11.0 Å². The average Bonchev–Trinajstić information content (AvgIpc) is 2.46. The summed E-state index contributed by atoms with van der Waals surface area (Å²) in [5.41, 5.74) is 2.73. The Labute approximate surface area is 111 Å². The Morgan fingerprint density at radius 2 is 2.00 bits per heavy atom. The van der Waals surface area contributed by atoms with Gasteiger partial charge < -0.3 is 10.2 Å². The normalized spacial score (nSPS) is 20.6. The van der Waals surface area contributed by atoms with Crippen LogP contribution in [0, 0.1) is 5.92 Å². The highest BCUT2D eigenvalue weighted by Crippen LogP contribution is 2.18.